The molecule has 5 nitrogen and oxygen atoms in total. The summed E-state index contributed by atoms with van der Waals surface area (Å²) in [5.74, 6) is 0.444. The third kappa shape index (κ3) is 5.74. The molecule has 0 N–H and O–H groups in total. The number of nitrogens with zero attached hydrogens (tertiary/aromatic N) is 4. The molecule has 0 aliphatic rings. The van der Waals surface area contributed by atoms with Gasteiger partial charge in [-0.05, 0) is 55.1 Å². The summed E-state index contributed by atoms with van der Waals surface area (Å²) in [6.07, 6.45) is 3.03. The zero-order valence-corrected chi connectivity index (χ0v) is 14.7. The van der Waals surface area contributed by atoms with E-state index in [1.54, 1.807) is 0 Å². The molecule has 0 aliphatic carbocycles. The van der Waals surface area contributed by atoms with Gasteiger partial charge in [-0.1, -0.05) is 11.6 Å². The number of hydrogen-bond donors (Lipinski definition) is 0. The Kier molecular flexibility index (Phi) is 7.23. The van der Waals surface area contributed by atoms with Crippen LogP contribution in [0.4, 0.5) is 0 Å². The monoisotopic (exact) mass is 448 g/mol. The second-order valence-corrected chi connectivity index (χ2v) is 5.52. The van der Waals surface area contributed by atoms with E-state index in [1.165, 1.54) is 19.5 Å². The van der Waals surface area contributed by atoms with Crippen LogP contribution in [0.2, 0.25) is 15.7 Å². The molecule has 2 heterocycles. The normalized spacial score (nSPS) is 9.58. The molecule has 2 aromatic heterocycles. The maximum absolute atomic E-state index is 5.53. The first-order valence-electron chi connectivity index (χ1n) is 4.49. The minimum Gasteiger partial charge on any atom is -0.480 e. The lowest BCUT2D eigenvalue weighted by Gasteiger charge is -1.99. The molecule has 10 heteroatoms. The van der Waals surface area contributed by atoms with Crippen molar-refractivity contribution >= 4 is 66.7 Å². The Morgan fingerprint density at radius 3 is 1.89 bits per heavy atom. The fourth-order valence-electron chi connectivity index (χ4n) is 0.801. The average Bonchev–Trinajstić information content (AvgIpc) is 2.38. The van der Waals surface area contributed by atoms with E-state index in [-0.39, 0.29) is 10.6 Å². The minimum absolute atomic E-state index is 0.156. The Labute approximate surface area is 140 Å². The second kappa shape index (κ2) is 8.16. The van der Waals surface area contributed by atoms with Gasteiger partial charge in [-0.15, -0.1) is 0 Å². The molecule has 0 aliphatic heterocycles. The van der Waals surface area contributed by atoms with E-state index in [1.807, 2.05) is 0 Å². The van der Waals surface area contributed by atoms with Crippen molar-refractivity contribution in [3.05, 3.63) is 37.1 Å². The smallest absolute Gasteiger partial charge is 0.232 e. The van der Waals surface area contributed by atoms with Crippen molar-refractivity contribution in [2.75, 3.05) is 7.11 Å². The highest BCUT2D eigenvalue weighted by molar-refractivity contribution is 9.10. The molecule has 0 spiro atoms. The fourth-order valence-corrected chi connectivity index (χ4v) is 1.78. The number of rotatable bonds is 1. The summed E-state index contributed by atoms with van der Waals surface area (Å²) in [6, 6.07) is 0. The number of methoxy groups -OCH3 is 1. The minimum atomic E-state index is 0.156. The summed E-state index contributed by atoms with van der Waals surface area (Å²) in [5.41, 5.74) is 0. The van der Waals surface area contributed by atoms with Gasteiger partial charge in [0.15, 0.2) is 0 Å². The van der Waals surface area contributed by atoms with Crippen LogP contribution in [0.25, 0.3) is 0 Å². The molecule has 2 rings (SSSR count). The molecule has 0 radical (unpaired) electrons. The predicted molar refractivity (Wildman–Crippen MR) is 81.0 cm³/mol. The average molecular weight is 451 g/mol. The quantitative estimate of drug-likeness (QED) is 0.474. The van der Waals surface area contributed by atoms with Crippen molar-refractivity contribution in [1.29, 1.82) is 0 Å². The molecule has 0 fully saturated rings. The van der Waals surface area contributed by atoms with E-state index in [0.29, 0.717) is 20.0 Å². The lowest BCUT2D eigenvalue weighted by molar-refractivity contribution is 0.394. The maximum atomic E-state index is 5.53. The summed E-state index contributed by atoms with van der Waals surface area (Å²) in [7, 11) is 1.52. The first kappa shape index (κ1) is 16.8. The largest absolute Gasteiger partial charge is 0.480 e. The van der Waals surface area contributed by atoms with Crippen LogP contribution in [0.15, 0.2) is 21.3 Å². The molecule has 0 atom stereocenters. The standard InChI is InChI=1S/C5H4BrClN2O.C4HBrCl2N2/c1-10-4-3(6)2-8-5(7)9-4;5-2-1-8-4(7)9-3(2)6/h2H,1H3;1H. The van der Waals surface area contributed by atoms with E-state index >= 15 is 0 Å². The molecule has 0 aromatic carbocycles. The molecule has 19 heavy (non-hydrogen) atoms. The van der Waals surface area contributed by atoms with Crippen LogP contribution in [-0.4, -0.2) is 27.0 Å². The summed E-state index contributed by atoms with van der Waals surface area (Å²) in [4.78, 5) is 14.8. The molecule has 0 unspecified atom stereocenters. The Morgan fingerprint density at radius 2 is 1.47 bits per heavy atom. The Morgan fingerprint density at radius 1 is 0.947 bits per heavy atom. The lowest BCUT2D eigenvalue weighted by atomic mass is 10.6. The number of hydrogen-bond acceptors (Lipinski definition) is 5. The second-order valence-electron chi connectivity index (χ2n) is 2.77. The summed E-state index contributed by atoms with van der Waals surface area (Å²) in [6.45, 7) is 0. The SMILES string of the molecule is COc1nc(Cl)ncc1Br.Clc1ncc(Br)c(Cl)n1. The molecule has 102 valence electrons. The van der Waals surface area contributed by atoms with Crippen LogP contribution in [0.1, 0.15) is 0 Å². The Balaban J connectivity index is 0.000000191. The van der Waals surface area contributed by atoms with Gasteiger partial charge in [0, 0.05) is 12.4 Å². The predicted octanol–water partition coefficient (Wildman–Crippen LogP) is 4.45. The number of aromatic nitrogens is 4. The number of ether oxygens (including phenoxy) is 1. The highest BCUT2D eigenvalue weighted by atomic mass is 79.9. The first-order chi connectivity index (χ1) is 8.93. The molecule has 0 saturated heterocycles. The van der Waals surface area contributed by atoms with Crippen molar-refractivity contribution < 1.29 is 4.74 Å². The van der Waals surface area contributed by atoms with Crippen LogP contribution >= 0.6 is 66.7 Å². The van der Waals surface area contributed by atoms with Gasteiger partial charge >= 0.3 is 0 Å². The first-order valence-corrected chi connectivity index (χ1v) is 7.21. The third-order valence-electron chi connectivity index (χ3n) is 1.55. The van der Waals surface area contributed by atoms with Crippen molar-refractivity contribution in [3.8, 4) is 5.88 Å². The van der Waals surface area contributed by atoms with Gasteiger partial charge in [-0.2, -0.15) is 4.98 Å². The van der Waals surface area contributed by atoms with Gasteiger partial charge in [-0.25, -0.2) is 15.0 Å². The highest BCUT2D eigenvalue weighted by Gasteiger charge is 2.01. The third-order valence-corrected chi connectivity index (χ3v) is 3.55. The van der Waals surface area contributed by atoms with Gasteiger partial charge in [-0.3, -0.25) is 0 Å². The van der Waals surface area contributed by atoms with Gasteiger partial charge in [0.2, 0.25) is 16.4 Å². The van der Waals surface area contributed by atoms with Gasteiger partial charge in [0.05, 0.1) is 16.1 Å². The Hall–Kier alpha value is -0.210. The van der Waals surface area contributed by atoms with Crippen molar-refractivity contribution in [2.24, 2.45) is 0 Å². The van der Waals surface area contributed by atoms with Gasteiger partial charge in [0.25, 0.3) is 0 Å². The van der Waals surface area contributed by atoms with Crippen LogP contribution in [0.3, 0.4) is 0 Å². The fraction of sp³-hybridized carbons (Fsp3) is 0.111. The van der Waals surface area contributed by atoms with Crippen LogP contribution in [0.5, 0.6) is 5.88 Å². The van der Waals surface area contributed by atoms with E-state index in [2.05, 4.69) is 51.8 Å². The zero-order chi connectivity index (χ0) is 14.4. The molecule has 2 aromatic rings. The molecule has 0 bridgehead atoms. The Bertz CT molecular complexity index is 573. The van der Waals surface area contributed by atoms with E-state index in [9.17, 15) is 0 Å². The zero-order valence-electron chi connectivity index (χ0n) is 9.24. The highest BCUT2D eigenvalue weighted by Crippen LogP contribution is 2.21. The molecular formula is C9H5Br2Cl3N4O. The van der Waals surface area contributed by atoms with E-state index in [0.717, 1.165) is 0 Å². The van der Waals surface area contributed by atoms with Crippen molar-refractivity contribution in [3.63, 3.8) is 0 Å². The molecule has 0 saturated carbocycles. The number of halogens is 5. The summed E-state index contributed by atoms with van der Waals surface area (Å²) in [5, 5.41) is 0.665. The summed E-state index contributed by atoms with van der Waals surface area (Å²) < 4.78 is 6.18. The van der Waals surface area contributed by atoms with Crippen LogP contribution in [0, 0.1) is 0 Å². The summed E-state index contributed by atoms with van der Waals surface area (Å²) >= 11 is 22.7. The lowest BCUT2D eigenvalue weighted by Crippen LogP contribution is -1.90. The maximum Gasteiger partial charge on any atom is 0.232 e. The van der Waals surface area contributed by atoms with E-state index in [4.69, 9.17) is 39.5 Å². The molecular weight excluding hydrogens is 446 g/mol. The topological polar surface area (TPSA) is 60.8 Å². The van der Waals surface area contributed by atoms with Gasteiger partial charge < -0.3 is 4.74 Å². The van der Waals surface area contributed by atoms with E-state index < -0.39 is 0 Å². The van der Waals surface area contributed by atoms with Crippen molar-refractivity contribution in [2.45, 2.75) is 0 Å². The van der Waals surface area contributed by atoms with Gasteiger partial charge in [0.1, 0.15) is 5.15 Å². The molecule has 0 amide bonds. The van der Waals surface area contributed by atoms with Crippen LogP contribution in [-0.2, 0) is 0 Å². The van der Waals surface area contributed by atoms with Crippen molar-refractivity contribution in [1.82, 2.24) is 19.9 Å². The van der Waals surface area contributed by atoms with Crippen LogP contribution < -0.4 is 4.74 Å².